The summed E-state index contributed by atoms with van der Waals surface area (Å²) in [6.45, 7) is 13.0. The van der Waals surface area contributed by atoms with Crippen LogP contribution in [0.3, 0.4) is 0 Å². The number of piperidine rings is 3. The second-order valence-corrected chi connectivity index (χ2v) is 19.3. The highest BCUT2D eigenvalue weighted by molar-refractivity contribution is 6.02. The molecule has 3 saturated heterocycles. The summed E-state index contributed by atoms with van der Waals surface area (Å²) in [4.78, 5) is 88.7. The lowest BCUT2D eigenvalue weighted by Gasteiger charge is -2.33. The lowest BCUT2D eigenvalue weighted by Crippen LogP contribution is -2.39. The van der Waals surface area contributed by atoms with E-state index in [2.05, 4.69) is 68.5 Å². The van der Waals surface area contributed by atoms with E-state index in [1.54, 1.807) is 0 Å². The van der Waals surface area contributed by atoms with E-state index in [-0.39, 0.29) is 54.2 Å². The molecule has 3 aliphatic heterocycles. The predicted octanol–water partition coefficient (Wildman–Crippen LogP) is 7.23. The van der Waals surface area contributed by atoms with Crippen LogP contribution in [-0.2, 0) is 51.4 Å². The summed E-state index contributed by atoms with van der Waals surface area (Å²) < 4.78 is 19.0. The molecule has 0 aliphatic carbocycles. The highest BCUT2D eigenvalue weighted by atomic mass is 16.4. The zero-order chi connectivity index (χ0) is 44.6. The van der Waals surface area contributed by atoms with Crippen LogP contribution >= 0.6 is 0 Å². The molecule has 3 aromatic carbocycles. The van der Waals surface area contributed by atoms with E-state index >= 15 is 0 Å². The molecule has 0 bridgehead atoms. The minimum Gasteiger partial charge on any atom is -0.440 e. The van der Waals surface area contributed by atoms with Crippen LogP contribution < -0.4 is 16.0 Å². The van der Waals surface area contributed by atoms with Gasteiger partial charge in [0.25, 0.3) is 0 Å². The zero-order valence-electron chi connectivity index (χ0n) is 36.2. The van der Waals surface area contributed by atoms with Gasteiger partial charge in [-0.2, -0.15) is 0 Å². The fourth-order valence-electron chi connectivity index (χ4n) is 9.36. The predicted molar refractivity (Wildman–Crippen MR) is 229 cm³/mol. The molecule has 6 aromatic rings. The van der Waals surface area contributed by atoms with Crippen molar-refractivity contribution in [2.75, 3.05) is 0 Å². The Kier molecular flexibility index (Phi) is 10.2. The van der Waals surface area contributed by atoms with Gasteiger partial charge in [0, 0.05) is 24.8 Å². The SMILES string of the molecule is CC(C)(CCC(C)(C)c1cccc2nc(C3CCC(=O)NC3=O)oc12)c1cc(CC(C)(C)c2cccc3oc(C4CCC(=O)NC4=O)nc23)c2oc(C3CCC(=O)NC3=O)nc2c1. The second kappa shape index (κ2) is 15.4. The van der Waals surface area contributed by atoms with E-state index < -0.39 is 46.3 Å². The first-order chi connectivity index (χ1) is 29.9. The number of hydrogen-bond donors (Lipinski definition) is 3. The minimum atomic E-state index is -0.711. The van der Waals surface area contributed by atoms with Gasteiger partial charge in [-0.3, -0.25) is 44.7 Å². The molecule has 3 fully saturated rings. The van der Waals surface area contributed by atoms with Crippen LogP contribution in [-0.4, -0.2) is 50.4 Å². The maximum atomic E-state index is 13.0. The van der Waals surface area contributed by atoms with Gasteiger partial charge in [-0.25, -0.2) is 15.0 Å². The Labute approximate surface area is 362 Å². The molecule has 326 valence electrons. The maximum absolute atomic E-state index is 13.0. The number of oxazole rings is 3. The van der Waals surface area contributed by atoms with Crippen molar-refractivity contribution in [2.45, 2.75) is 133 Å². The largest absolute Gasteiger partial charge is 0.440 e. The number of hydrogen-bond acceptors (Lipinski definition) is 12. The molecule has 3 aromatic heterocycles. The molecular weight excluding hydrogens is 805 g/mol. The number of imide groups is 3. The van der Waals surface area contributed by atoms with Crippen LogP contribution in [0.2, 0.25) is 0 Å². The molecule has 63 heavy (non-hydrogen) atoms. The van der Waals surface area contributed by atoms with Gasteiger partial charge in [-0.15, -0.1) is 0 Å². The van der Waals surface area contributed by atoms with E-state index in [4.69, 9.17) is 23.2 Å². The van der Waals surface area contributed by atoms with Crippen molar-refractivity contribution in [1.82, 2.24) is 30.9 Å². The van der Waals surface area contributed by atoms with Crippen LogP contribution in [0.15, 0.2) is 61.8 Å². The third-order valence-corrected chi connectivity index (χ3v) is 13.3. The Bertz CT molecular complexity index is 2900. The van der Waals surface area contributed by atoms with Crippen molar-refractivity contribution in [3.05, 3.63) is 88.5 Å². The van der Waals surface area contributed by atoms with E-state index in [1.807, 2.05) is 42.5 Å². The molecule has 9 rings (SSSR count). The summed E-state index contributed by atoms with van der Waals surface area (Å²) >= 11 is 0. The van der Waals surface area contributed by atoms with Gasteiger partial charge in [0.2, 0.25) is 53.1 Å². The van der Waals surface area contributed by atoms with Crippen LogP contribution in [0.5, 0.6) is 0 Å². The van der Waals surface area contributed by atoms with Crippen molar-refractivity contribution in [2.24, 2.45) is 0 Å². The fraction of sp³-hybridized carbons (Fsp3) is 0.438. The van der Waals surface area contributed by atoms with E-state index in [1.165, 1.54) is 0 Å². The van der Waals surface area contributed by atoms with Gasteiger partial charge in [0.05, 0.1) is 0 Å². The standard InChI is InChI=1S/C48H50N6O9/c1-46(2,19-20-47(3,4)30-10-7-11-31-39(30)63-43(49-31)26-13-16-34(55)51-40(26)58)25-21-24(38-32(22-25)50-44(62-38)27-14-17-35(56)52-41(27)59)23-48(5,6)29-9-8-12-33-37(29)54-45(61-33)28-15-18-36(57)53-42(28)60/h7-12,21-22,26-28H,13-20,23H2,1-6H3,(H,51,55,58)(H,52,56,59)(H,53,57,60). The zero-order valence-corrected chi connectivity index (χ0v) is 36.2. The number of nitrogens with one attached hydrogen (secondary N) is 3. The van der Waals surface area contributed by atoms with Gasteiger partial charge < -0.3 is 13.3 Å². The average Bonchev–Trinajstić information content (AvgIpc) is 3.97. The van der Waals surface area contributed by atoms with Crippen LogP contribution in [0.1, 0.15) is 151 Å². The summed E-state index contributed by atoms with van der Waals surface area (Å²) in [7, 11) is 0. The van der Waals surface area contributed by atoms with Gasteiger partial charge >= 0.3 is 0 Å². The Morgan fingerprint density at radius 2 is 1.06 bits per heavy atom. The van der Waals surface area contributed by atoms with Crippen molar-refractivity contribution >= 4 is 68.7 Å². The fourth-order valence-corrected chi connectivity index (χ4v) is 9.36. The monoisotopic (exact) mass is 854 g/mol. The first-order valence-corrected chi connectivity index (χ1v) is 21.6. The van der Waals surface area contributed by atoms with Crippen molar-refractivity contribution < 1.29 is 42.0 Å². The quantitative estimate of drug-likeness (QED) is 0.110. The topological polar surface area (TPSA) is 217 Å². The summed E-state index contributed by atoms with van der Waals surface area (Å²) in [5, 5.41) is 7.23. The molecule has 15 nitrogen and oxygen atoms in total. The Balaban J connectivity index is 1.05. The van der Waals surface area contributed by atoms with Gasteiger partial charge in [0.15, 0.2) is 16.7 Å². The summed E-state index contributed by atoms with van der Waals surface area (Å²) in [5.74, 6) is -3.36. The molecule has 15 heteroatoms. The van der Waals surface area contributed by atoms with Gasteiger partial charge in [0.1, 0.15) is 34.3 Å². The summed E-state index contributed by atoms with van der Waals surface area (Å²) in [6.07, 6.45) is 3.54. The van der Waals surface area contributed by atoms with Crippen molar-refractivity contribution in [1.29, 1.82) is 0 Å². The number of nitrogens with zero attached hydrogens (tertiary/aromatic N) is 3. The highest BCUT2D eigenvalue weighted by Crippen LogP contribution is 2.43. The number of rotatable bonds is 11. The third-order valence-electron chi connectivity index (χ3n) is 13.3. The number of benzene rings is 3. The first-order valence-electron chi connectivity index (χ1n) is 21.6. The minimum absolute atomic E-state index is 0.186. The normalized spacial score (nSPS) is 20.4. The van der Waals surface area contributed by atoms with E-state index in [9.17, 15) is 28.8 Å². The molecule has 3 N–H and O–H groups in total. The molecule has 3 aliphatic rings. The molecule has 0 radical (unpaired) electrons. The second-order valence-electron chi connectivity index (χ2n) is 19.3. The van der Waals surface area contributed by atoms with Crippen molar-refractivity contribution in [3.8, 4) is 0 Å². The molecular formula is C48H50N6O9. The molecule has 3 unspecified atom stereocenters. The number of amides is 6. The Morgan fingerprint density at radius 3 is 1.65 bits per heavy atom. The number of aromatic nitrogens is 3. The maximum Gasteiger partial charge on any atom is 0.239 e. The average molecular weight is 855 g/mol. The number of fused-ring (bicyclic) bond motifs is 3. The highest BCUT2D eigenvalue weighted by Gasteiger charge is 2.38. The Morgan fingerprint density at radius 1 is 0.556 bits per heavy atom. The molecule has 3 atom stereocenters. The smallest absolute Gasteiger partial charge is 0.239 e. The van der Waals surface area contributed by atoms with Crippen LogP contribution in [0, 0.1) is 0 Å². The number of carbonyl (C=O) groups is 6. The first kappa shape index (κ1) is 41.8. The molecule has 6 amide bonds. The molecule has 0 spiro atoms. The van der Waals surface area contributed by atoms with Crippen LogP contribution in [0.4, 0.5) is 0 Å². The van der Waals surface area contributed by atoms with Gasteiger partial charge in [-0.05, 0) is 89.7 Å². The molecule has 0 saturated carbocycles. The van der Waals surface area contributed by atoms with E-state index in [0.29, 0.717) is 64.9 Å². The third kappa shape index (κ3) is 7.82. The molecule has 6 heterocycles. The van der Waals surface area contributed by atoms with E-state index in [0.717, 1.165) is 35.1 Å². The summed E-state index contributed by atoms with van der Waals surface area (Å²) in [6, 6.07) is 15.8. The summed E-state index contributed by atoms with van der Waals surface area (Å²) in [5.41, 5.74) is 6.03. The van der Waals surface area contributed by atoms with Crippen LogP contribution in [0.25, 0.3) is 33.3 Å². The lowest BCUT2D eigenvalue weighted by molar-refractivity contribution is -0.136. The number of carbonyl (C=O) groups excluding carboxylic acids is 6. The lowest BCUT2D eigenvalue weighted by atomic mass is 9.71. The number of para-hydroxylation sites is 2. The van der Waals surface area contributed by atoms with Crippen molar-refractivity contribution in [3.63, 3.8) is 0 Å². The van der Waals surface area contributed by atoms with Gasteiger partial charge in [-0.1, -0.05) is 71.9 Å². The Hall–Kier alpha value is -6.51.